The molecule has 16 heavy (non-hydrogen) atoms. The van der Waals surface area contributed by atoms with Gasteiger partial charge in [-0.1, -0.05) is 0 Å². The number of carbonyl (C=O) groups excluding carboxylic acids is 1. The molecule has 0 bridgehead atoms. The van der Waals surface area contributed by atoms with E-state index >= 15 is 0 Å². The van der Waals surface area contributed by atoms with Crippen LogP contribution in [0.1, 0.15) is 6.42 Å². The smallest absolute Gasteiger partial charge is 0.465 e. The zero-order valence-corrected chi connectivity index (χ0v) is 8.49. The molecule has 1 rings (SSSR count). The van der Waals surface area contributed by atoms with Crippen LogP contribution >= 0.6 is 0 Å². The van der Waals surface area contributed by atoms with Crippen molar-refractivity contribution in [1.82, 2.24) is 9.80 Å². The van der Waals surface area contributed by atoms with Crippen LogP contribution in [0.5, 0.6) is 0 Å². The van der Waals surface area contributed by atoms with E-state index in [4.69, 9.17) is 5.11 Å². The van der Waals surface area contributed by atoms with E-state index in [2.05, 4.69) is 0 Å². The summed E-state index contributed by atoms with van der Waals surface area (Å²) in [5.74, 6) is -1.95. The minimum atomic E-state index is -4.91. The molecule has 8 heteroatoms. The first kappa shape index (κ1) is 12.6. The second-order valence-electron chi connectivity index (χ2n) is 3.60. The molecule has 0 aromatic carbocycles. The fraction of sp³-hybridized carbons (Fsp3) is 0.750. The Labute approximate surface area is 89.4 Å². The standard InChI is InChI=1S/C8H11F3N2O3/c1-12(6(14)8(9,10)11)4-5-2-3-13(5)7(15)16/h5H,2-4H2,1H3,(H,15,16)/t5-/m0/s1. The van der Waals surface area contributed by atoms with Crippen LogP contribution in [0.4, 0.5) is 18.0 Å². The van der Waals surface area contributed by atoms with Gasteiger partial charge in [0.2, 0.25) is 0 Å². The van der Waals surface area contributed by atoms with Crippen LogP contribution < -0.4 is 0 Å². The molecule has 0 radical (unpaired) electrons. The zero-order valence-electron chi connectivity index (χ0n) is 8.49. The van der Waals surface area contributed by atoms with Gasteiger partial charge in [-0.05, 0) is 6.42 Å². The van der Waals surface area contributed by atoms with Crippen LogP contribution in [0.25, 0.3) is 0 Å². The van der Waals surface area contributed by atoms with Crippen molar-refractivity contribution in [3.8, 4) is 0 Å². The lowest BCUT2D eigenvalue weighted by Crippen LogP contribution is -2.56. The van der Waals surface area contributed by atoms with Gasteiger partial charge in [-0.2, -0.15) is 13.2 Å². The average molecular weight is 240 g/mol. The lowest BCUT2D eigenvalue weighted by Gasteiger charge is -2.40. The first-order chi connectivity index (χ1) is 7.23. The van der Waals surface area contributed by atoms with E-state index in [0.29, 0.717) is 17.9 Å². The molecular formula is C8H11F3N2O3. The maximum atomic E-state index is 12.0. The molecule has 0 spiro atoms. The monoisotopic (exact) mass is 240 g/mol. The summed E-state index contributed by atoms with van der Waals surface area (Å²) < 4.78 is 36.0. The number of carboxylic acid groups (broad SMARTS) is 1. The molecular weight excluding hydrogens is 229 g/mol. The molecule has 1 heterocycles. The minimum absolute atomic E-state index is 0.232. The molecule has 92 valence electrons. The Kier molecular flexibility index (Phi) is 3.30. The van der Waals surface area contributed by atoms with Crippen molar-refractivity contribution in [1.29, 1.82) is 0 Å². The van der Waals surface area contributed by atoms with Crippen molar-refractivity contribution in [2.45, 2.75) is 18.6 Å². The molecule has 0 aromatic heterocycles. The molecule has 0 saturated carbocycles. The number of likely N-dealkylation sites (N-methyl/N-ethyl adjacent to an activating group) is 1. The van der Waals surface area contributed by atoms with E-state index in [9.17, 15) is 22.8 Å². The summed E-state index contributed by atoms with van der Waals surface area (Å²) in [6.07, 6.45) is -5.61. The van der Waals surface area contributed by atoms with Gasteiger partial charge in [-0.3, -0.25) is 4.79 Å². The van der Waals surface area contributed by atoms with Crippen molar-refractivity contribution in [3.63, 3.8) is 0 Å². The first-order valence-electron chi connectivity index (χ1n) is 4.55. The molecule has 5 nitrogen and oxygen atoms in total. The van der Waals surface area contributed by atoms with Crippen LogP contribution in [-0.2, 0) is 4.79 Å². The Morgan fingerprint density at radius 3 is 2.38 bits per heavy atom. The van der Waals surface area contributed by atoms with E-state index in [1.807, 2.05) is 0 Å². The Balaban J connectivity index is 2.49. The molecule has 1 atom stereocenters. The van der Waals surface area contributed by atoms with E-state index in [-0.39, 0.29) is 6.54 Å². The van der Waals surface area contributed by atoms with Gasteiger partial charge >= 0.3 is 18.2 Å². The molecule has 1 aliphatic heterocycles. The summed E-state index contributed by atoms with van der Waals surface area (Å²) in [5.41, 5.74) is 0. The SMILES string of the molecule is CN(C[C@@H]1CCN1C(=O)O)C(=O)C(F)(F)F. The molecule has 1 saturated heterocycles. The molecule has 0 aromatic rings. The van der Waals surface area contributed by atoms with Crippen LogP contribution in [0.2, 0.25) is 0 Å². The minimum Gasteiger partial charge on any atom is -0.465 e. The molecule has 1 aliphatic rings. The van der Waals surface area contributed by atoms with E-state index < -0.39 is 24.2 Å². The quantitative estimate of drug-likeness (QED) is 0.775. The number of carbonyl (C=O) groups is 2. The summed E-state index contributed by atoms with van der Waals surface area (Å²) in [6, 6.07) is -0.534. The lowest BCUT2D eigenvalue weighted by atomic mass is 10.0. The van der Waals surface area contributed by atoms with Crippen LogP contribution in [-0.4, -0.2) is 59.3 Å². The highest BCUT2D eigenvalue weighted by Crippen LogP contribution is 2.21. The molecule has 0 aliphatic carbocycles. The number of rotatable bonds is 2. The number of hydrogen-bond acceptors (Lipinski definition) is 2. The van der Waals surface area contributed by atoms with Gasteiger partial charge in [0.15, 0.2) is 0 Å². The average Bonchev–Trinajstić information content (AvgIpc) is 2.08. The van der Waals surface area contributed by atoms with Gasteiger partial charge in [0.1, 0.15) is 0 Å². The number of amides is 2. The summed E-state index contributed by atoms with van der Waals surface area (Å²) in [6.45, 7) is 0.0681. The highest BCUT2D eigenvalue weighted by molar-refractivity contribution is 5.81. The fourth-order valence-corrected chi connectivity index (χ4v) is 1.50. The number of likely N-dealkylation sites (tertiary alicyclic amines) is 1. The molecule has 2 amide bonds. The molecule has 1 N–H and O–H groups in total. The highest BCUT2D eigenvalue weighted by atomic mass is 19.4. The van der Waals surface area contributed by atoms with Gasteiger partial charge in [-0.15, -0.1) is 0 Å². The predicted octanol–water partition coefficient (Wildman–Crippen LogP) is 0.759. The van der Waals surface area contributed by atoms with Gasteiger partial charge in [0.05, 0.1) is 6.04 Å². The number of nitrogens with zero attached hydrogens (tertiary/aromatic N) is 2. The van der Waals surface area contributed by atoms with E-state index in [0.717, 1.165) is 11.9 Å². The Morgan fingerprint density at radius 2 is 2.06 bits per heavy atom. The lowest BCUT2D eigenvalue weighted by molar-refractivity contribution is -0.185. The predicted molar refractivity (Wildman–Crippen MR) is 46.8 cm³/mol. The van der Waals surface area contributed by atoms with Crippen molar-refractivity contribution >= 4 is 12.0 Å². The molecule has 1 fully saturated rings. The van der Waals surface area contributed by atoms with Crippen molar-refractivity contribution in [2.75, 3.05) is 20.1 Å². The van der Waals surface area contributed by atoms with Gasteiger partial charge < -0.3 is 14.9 Å². The van der Waals surface area contributed by atoms with Crippen molar-refractivity contribution < 1.29 is 27.9 Å². The first-order valence-corrected chi connectivity index (χ1v) is 4.55. The number of alkyl halides is 3. The van der Waals surface area contributed by atoms with Gasteiger partial charge in [-0.25, -0.2) is 4.79 Å². The normalized spacial score (nSPS) is 20.2. The summed E-state index contributed by atoms with van der Waals surface area (Å²) in [5, 5.41) is 8.62. The van der Waals surface area contributed by atoms with Crippen molar-refractivity contribution in [3.05, 3.63) is 0 Å². The summed E-state index contributed by atoms with van der Waals surface area (Å²) in [4.78, 5) is 22.8. The van der Waals surface area contributed by atoms with Crippen LogP contribution in [0, 0.1) is 0 Å². The number of halogens is 3. The largest absolute Gasteiger partial charge is 0.471 e. The summed E-state index contributed by atoms with van der Waals surface area (Å²) >= 11 is 0. The second-order valence-corrected chi connectivity index (χ2v) is 3.60. The van der Waals surface area contributed by atoms with Gasteiger partial charge in [0, 0.05) is 20.1 Å². The maximum Gasteiger partial charge on any atom is 0.471 e. The molecule has 0 unspecified atom stereocenters. The third-order valence-electron chi connectivity index (χ3n) is 2.46. The Morgan fingerprint density at radius 1 is 1.50 bits per heavy atom. The second kappa shape index (κ2) is 4.18. The zero-order chi connectivity index (χ0) is 12.5. The highest BCUT2D eigenvalue weighted by Gasteiger charge is 2.43. The fourth-order valence-electron chi connectivity index (χ4n) is 1.50. The van der Waals surface area contributed by atoms with Crippen LogP contribution in [0.3, 0.4) is 0 Å². The van der Waals surface area contributed by atoms with Gasteiger partial charge in [0.25, 0.3) is 0 Å². The van der Waals surface area contributed by atoms with E-state index in [1.54, 1.807) is 0 Å². The van der Waals surface area contributed by atoms with E-state index in [1.165, 1.54) is 0 Å². The van der Waals surface area contributed by atoms with Crippen molar-refractivity contribution in [2.24, 2.45) is 0 Å². The third kappa shape index (κ3) is 2.56. The summed E-state index contributed by atoms with van der Waals surface area (Å²) in [7, 11) is 1.01. The Bertz CT molecular complexity index is 305. The third-order valence-corrected chi connectivity index (χ3v) is 2.46. The van der Waals surface area contributed by atoms with Crippen LogP contribution in [0.15, 0.2) is 0 Å². The number of hydrogen-bond donors (Lipinski definition) is 1. The topological polar surface area (TPSA) is 60.9 Å². The Hall–Kier alpha value is -1.47. The maximum absolute atomic E-state index is 12.0.